The summed E-state index contributed by atoms with van der Waals surface area (Å²) in [5.74, 6) is 0.575. The average Bonchev–Trinajstić information content (AvgIpc) is 2.59. The van der Waals surface area contributed by atoms with Crippen LogP contribution in [-0.4, -0.2) is 48.0 Å². The standard InChI is InChI=1S/C15H24N6O/c1-16-15(21-12-5-3-2-4-6-12)20-10-9-19-14(22)13-11-17-7-8-18-13/h7-8,11-12H,2-6,9-10H2,1H3,(H,19,22)(H2,16,20,21). The van der Waals surface area contributed by atoms with Gasteiger partial charge in [-0.25, -0.2) is 4.98 Å². The number of amides is 1. The molecule has 1 saturated carbocycles. The van der Waals surface area contributed by atoms with Crippen molar-refractivity contribution in [1.82, 2.24) is 25.9 Å². The van der Waals surface area contributed by atoms with Crippen molar-refractivity contribution >= 4 is 11.9 Å². The van der Waals surface area contributed by atoms with E-state index in [1.165, 1.54) is 44.5 Å². The Balaban J connectivity index is 1.65. The summed E-state index contributed by atoms with van der Waals surface area (Å²) in [7, 11) is 1.76. The molecule has 0 saturated heterocycles. The zero-order chi connectivity index (χ0) is 15.6. The van der Waals surface area contributed by atoms with Crippen molar-refractivity contribution in [2.45, 2.75) is 38.1 Å². The summed E-state index contributed by atoms with van der Waals surface area (Å²) < 4.78 is 0. The highest BCUT2D eigenvalue weighted by molar-refractivity contribution is 5.91. The number of aromatic nitrogens is 2. The van der Waals surface area contributed by atoms with Crippen LogP contribution in [0.5, 0.6) is 0 Å². The van der Waals surface area contributed by atoms with Crippen LogP contribution in [-0.2, 0) is 0 Å². The molecule has 1 fully saturated rings. The van der Waals surface area contributed by atoms with Crippen LogP contribution < -0.4 is 16.0 Å². The van der Waals surface area contributed by atoms with E-state index in [4.69, 9.17) is 0 Å². The molecule has 7 nitrogen and oxygen atoms in total. The molecule has 0 spiro atoms. The van der Waals surface area contributed by atoms with Gasteiger partial charge in [-0.3, -0.25) is 14.8 Å². The molecular formula is C15H24N6O. The molecule has 1 heterocycles. The van der Waals surface area contributed by atoms with Crippen molar-refractivity contribution in [3.8, 4) is 0 Å². The van der Waals surface area contributed by atoms with Gasteiger partial charge in [-0.2, -0.15) is 0 Å². The van der Waals surface area contributed by atoms with Gasteiger partial charge < -0.3 is 16.0 Å². The van der Waals surface area contributed by atoms with Crippen LogP contribution in [0.3, 0.4) is 0 Å². The van der Waals surface area contributed by atoms with Crippen molar-refractivity contribution in [3.63, 3.8) is 0 Å². The Bertz CT molecular complexity index is 484. The van der Waals surface area contributed by atoms with Gasteiger partial charge in [0.2, 0.25) is 0 Å². The van der Waals surface area contributed by atoms with Crippen LogP contribution in [0.4, 0.5) is 0 Å². The second-order valence-electron chi connectivity index (χ2n) is 5.32. The molecule has 0 aliphatic heterocycles. The maximum Gasteiger partial charge on any atom is 0.271 e. The van der Waals surface area contributed by atoms with E-state index in [1.54, 1.807) is 13.2 Å². The highest BCUT2D eigenvalue weighted by Gasteiger charge is 2.14. The molecule has 3 N–H and O–H groups in total. The lowest BCUT2D eigenvalue weighted by molar-refractivity contribution is 0.0949. The van der Waals surface area contributed by atoms with Crippen LogP contribution in [0.25, 0.3) is 0 Å². The van der Waals surface area contributed by atoms with Crippen LogP contribution in [0.1, 0.15) is 42.6 Å². The second kappa shape index (κ2) is 8.96. The van der Waals surface area contributed by atoms with Crippen LogP contribution in [0, 0.1) is 0 Å². The molecule has 22 heavy (non-hydrogen) atoms. The first-order chi connectivity index (χ1) is 10.8. The van der Waals surface area contributed by atoms with Gasteiger partial charge in [0.25, 0.3) is 5.91 Å². The van der Waals surface area contributed by atoms with Gasteiger partial charge in [0.15, 0.2) is 5.96 Å². The summed E-state index contributed by atoms with van der Waals surface area (Å²) in [5.41, 5.74) is 0.326. The molecule has 0 unspecified atom stereocenters. The molecule has 0 aromatic carbocycles. The summed E-state index contributed by atoms with van der Waals surface area (Å²) in [4.78, 5) is 23.8. The third-order valence-corrected chi connectivity index (χ3v) is 3.67. The van der Waals surface area contributed by atoms with Crippen molar-refractivity contribution in [2.24, 2.45) is 4.99 Å². The van der Waals surface area contributed by atoms with Gasteiger partial charge in [-0.1, -0.05) is 19.3 Å². The van der Waals surface area contributed by atoms with E-state index in [1.807, 2.05) is 0 Å². The quantitative estimate of drug-likeness (QED) is 0.423. The maximum absolute atomic E-state index is 11.8. The summed E-state index contributed by atoms with van der Waals surface area (Å²) in [6.07, 6.45) is 10.8. The van der Waals surface area contributed by atoms with Crippen molar-refractivity contribution in [1.29, 1.82) is 0 Å². The molecule has 0 atom stereocenters. The first-order valence-corrected chi connectivity index (χ1v) is 7.81. The normalized spacial score (nSPS) is 16.1. The van der Waals surface area contributed by atoms with Gasteiger partial charge in [0.1, 0.15) is 5.69 Å². The second-order valence-corrected chi connectivity index (χ2v) is 5.32. The van der Waals surface area contributed by atoms with E-state index in [-0.39, 0.29) is 5.91 Å². The smallest absolute Gasteiger partial charge is 0.271 e. The highest BCUT2D eigenvalue weighted by Crippen LogP contribution is 2.17. The Morgan fingerprint density at radius 3 is 2.68 bits per heavy atom. The average molecular weight is 304 g/mol. The Kier molecular flexibility index (Phi) is 6.60. The zero-order valence-electron chi connectivity index (χ0n) is 13.0. The van der Waals surface area contributed by atoms with Crippen molar-refractivity contribution in [3.05, 3.63) is 24.3 Å². The number of rotatable bonds is 5. The third kappa shape index (κ3) is 5.31. The number of carbonyl (C=O) groups is 1. The van der Waals surface area contributed by atoms with Crippen LogP contribution in [0.15, 0.2) is 23.6 Å². The number of carbonyl (C=O) groups excluding carboxylic acids is 1. The number of nitrogens with one attached hydrogen (secondary N) is 3. The van der Waals surface area contributed by atoms with E-state index in [2.05, 4.69) is 30.9 Å². The molecule has 1 aliphatic carbocycles. The minimum atomic E-state index is -0.217. The van der Waals surface area contributed by atoms with Crippen molar-refractivity contribution in [2.75, 3.05) is 20.1 Å². The molecule has 0 bridgehead atoms. The molecule has 0 radical (unpaired) electrons. The lowest BCUT2D eigenvalue weighted by Crippen LogP contribution is -2.46. The van der Waals surface area contributed by atoms with Crippen LogP contribution in [0.2, 0.25) is 0 Å². The fourth-order valence-electron chi connectivity index (χ4n) is 2.50. The van der Waals surface area contributed by atoms with E-state index >= 15 is 0 Å². The van der Waals surface area contributed by atoms with E-state index in [9.17, 15) is 4.79 Å². The predicted molar refractivity (Wildman–Crippen MR) is 85.7 cm³/mol. The van der Waals surface area contributed by atoms with Crippen molar-refractivity contribution < 1.29 is 4.79 Å². The number of nitrogens with zero attached hydrogens (tertiary/aromatic N) is 3. The molecule has 1 aromatic rings. The number of hydrogen-bond acceptors (Lipinski definition) is 4. The third-order valence-electron chi connectivity index (χ3n) is 3.67. The predicted octanol–water partition coefficient (Wildman–Crippen LogP) is 0.704. The summed E-state index contributed by atoms with van der Waals surface area (Å²) >= 11 is 0. The van der Waals surface area contributed by atoms with Gasteiger partial charge >= 0.3 is 0 Å². The summed E-state index contributed by atoms with van der Waals surface area (Å²) in [6.45, 7) is 1.11. The first kappa shape index (κ1) is 16.2. The molecule has 2 rings (SSSR count). The van der Waals surface area contributed by atoms with Crippen LogP contribution >= 0.6 is 0 Å². The molecule has 1 aliphatic rings. The highest BCUT2D eigenvalue weighted by atomic mass is 16.1. The Labute approximate surface area is 131 Å². The summed E-state index contributed by atoms with van der Waals surface area (Å²) in [6, 6.07) is 0.508. The molecule has 1 aromatic heterocycles. The minimum absolute atomic E-state index is 0.217. The largest absolute Gasteiger partial charge is 0.355 e. The van der Waals surface area contributed by atoms with E-state index in [0.717, 1.165) is 5.96 Å². The number of hydrogen-bond donors (Lipinski definition) is 3. The Morgan fingerprint density at radius 2 is 2.00 bits per heavy atom. The van der Waals surface area contributed by atoms with Gasteiger partial charge in [0, 0.05) is 38.6 Å². The minimum Gasteiger partial charge on any atom is -0.355 e. The first-order valence-electron chi connectivity index (χ1n) is 7.81. The maximum atomic E-state index is 11.8. The zero-order valence-corrected chi connectivity index (χ0v) is 13.0. The monoisotopic (exact) mass is 304 g/mol. The molecule has 1 amide bonds. The topological polar surface area (TPSA) is 91.3 Å². The SMILES string of the molecule is CN=C(NCCNC(=O)c1cnccn1)NC1CCCCC1. The fraction of sp³-hybridized carbons (Fsp3) is 0.600. The molecule has 7 heteroatoms. The molecule has 120 valence electrons. The molecular weight excluding hydrogens is 280 g/mol. The van der Waals surface area contributed by atoms with E-state index < -0.39 is 0 Å². The fourth-order valence-corrected chi connectivity index (χ4v) is 2.50. The summed E-state index contributed by atoms with van der Waals surface area (Å²) in [5, 5.41) is 9.44. The number of guanidine groups is 1. The van der Waals surface area contributed by atoms with Gasteiger partial charge in [-0.05, 0) is 12.8 Å². The van der Waals surface area contributed by atoms with E-state index in [0.29, 0.717) is 24.8 Å². The number of aliphatic imine (C=N–C) groups is 1. The lowest BCUT2D eigenvalue weighted by atomic mass is 9.96. The van der Waals surface area contributed by atoms with Gasteiger partial charge in [0.05, 0.1) is 6.20 Å². The Hall–Kier alpha value is -2.18. The lowest BCUT2D eigenvalue weighted by Gasteiger charge is -2.24. The Morgan fingerprint density at radius 1 is 1.23 bits per heavy atom. The van der Waals surface area contributed by atoms with Gasteiger partial charge in [-0.15, -0.1) is 0 Å².